The fraction of sp³-hybridized carbons (Fsp3) is 0.222. The number of nitrogens with zero attached hydrogens (tertiary/aromatic N) is 2. The molecule has 5 nitrogen and oxygen atoms in total. The highest BCUT2D eigenvalue weighted by Crippen LogP contribution is 2.31. The summed E-state index contributed by atoms with van der Waals surface area (Å²) in [7, 11) is 0. The normalized spacial score (nSPS) is 13.9. The van der Waals surface area contributed by atoms with Gasteiger partial charge in [-0.25, -0.2) is 9.78 Å². The quantitative estimate of drug-likeness (QED) is 0.776. The molecule has 1 aromatic heterocycles. The van der Waals surface area contributed by atoms with Gasteiger partial charge in [-0.15, -0.1) is 0 Å². The Morgan fingerprint density at radius 2 is 1.91 bits per heavy atom. The lowest BCUT2D eigenvalue weighted by atomic mass is 9.95. The van der Waals surface area contributed by atoms with Crippen molar-refractivity contribution >= 4 is 17.0 Å². The Hall–Kier alpha value is -2.66. The first-order valence-corrected chi connectivity index (χ1v) is 7.47. The van der Waals surface area contributed by atoms with Gasteiger partial charge in [0.15, 0.2) is 0 Å². The van der Waals surface area contributed by atoms with Crippen LogP contribution in [-0.4, -0.2) is 25.7 Å². The van der Waals surface area contributed by atoms with Crippen molar-refractivity contribution < 1.29 is 15.0 Å². The van der Waals surface area contributed by atoms with Crippen LogP contribution in [0.15, 0.2) is 48.5 Å². The minimum absolute atomic E-state index is 0.206. The van der Waals surface area contributed by atoms with Gasteiger partial charge in [0.1, 0.15) is 11.4 Å². The largest absolute Gasteiger partial charge is 0.478 e. The van der Waals surface area contributed by atoms with E-state index in [9.17, 15) is 15.0 Å². The molecular weight excluding hydrogens is 292 g/mol. The van der Waals surface area contributed by atoms with Crippen LogP contribution in [0.4, 0.5) is 0 Å². The average molecular weight is 310 g/mol. The highest BCUT2D eigenvalue weighted by molar-refractivity contribution is 5.92. The number of fused-ring (bicyclic) bond motifs is 1. The van der Waals surface area contributed by atoms with Crippen molar-refractivity contribution in [3.05, 3.63) is 65.5 Å². The van der Waals surface area contributed by atoms with Crippen LogP contribution in [-0.2, 0) is 12.1 Å². The molecule has 1 atom stereocenters. The summed E-state index contributed by atoms with van der Waals surface area (Å²) < 4.78 is 1.86. The molecule has 1 unspecified atom stereocenters. The number of carbonyl (C=O) groups is 1. The number of carboxylic acid groups (broad SMARTS) is 1. The molecule has 2 aromatic carbocycles. The molecule has 1 heterocycles. The minimum atomic E-state index is -1.26. The Bertz CT molecular complexity index is 867. The van der Waals surface area contributed by atoms with Crippen LogP contribution < -0.4 is 0 Å². The molecule has 5 heteroatoms. The molecule has 0 aliphatic carbocycles. The number of aliphatic hydroxyl groups is 1. The van der Waals surface area contributed by atoms with E-state index in [1.807, 2.05) is 41.8 Å². The maximum Gasteiger partial charge on any atom is 0.335 e. The van der Waals surface area contributed by atoms with Crippen molar-refractivity contribution in [1.29, 1.82) is 0 Å². The Kier molecular flexibility index (Phi) is 3.66. The van der Waals surface area contributed by atoms with Gasteiger partial charge in [0.2, 0.25) is 0 Å². The van der Waals surface area contributed by atoms with E-state index >= 15 is 0 Å². The molecule has 2 N–H and O–H groups in total. The van der Waals surface area contributed by atoms with E-state index in [1.54, 1.807) is 19.1 Å². The topological polar surface area (TPSA) is 75.3 Å². The van der Waals surface area contributed by atoms with Gasteiger partial charge in [-0.05, 0) is 37.6 Å². The maximum atomic E-state index is 11.2. The Labute approximate surface area is 133 Å². The molecule has 0 aliphatic heterocycles. The van der Waals surface area contributed by atoms with E-state index < -0.39 is 11.6 Å². The monoisotopic (exact) mass is 310 g/mol. The minimum Gasteiger partial charge on any atom is -0.478 e. The number of aryl methyl sites for hydroxylation is 1. The maximum absolute atomic E-state index is 11.2. The highest BCUT2D eigenvalue weighted by atomic mass is 16.4. The number of rotatable bonds is 4. The van der Waals surface area contributed by atoms with Crippen LogP contribution >= 0.6 is 0 Å². The Balaban J connectivity index is 2.23. The Morgan fingerprint density at radius 1 is 1.22 bits per heavy atom. The first kappa shape index (κ1) is 15.2. The summed E-state index contributed by atoms with van der Waals surface area (Å²) in [6.07, 6.45) is 0. The molecule has 0 amide bonds. The lowest BCUT2D eigenvalue weighted by Gasteiger charge is -2.24. The van der Waals surface area contributed by atoms with E-state index in [0.29, 0.717) is 23.4 Å². The third kappa shape index (κ3) is 2.49. The molecule has 0 radical (unpaired) electrons. The number of benzene rings is 2. The van der Waals surface area contributed by atoms with E-state index in [2.05, 4.69) is 4.98 Å². The first-order chi connectivity index (χ1) is 10.9. The number of aromatic nitrogens is 2. The van der Waals surface area contributed by atoms with Crippen LogP contribution in [0.5, 0.6) is 0 Å². The SMILES string of the molecule is CCn1c(C(C)(O)c2ccccc2)nc2ccc(C(=O)O)cc21. The fourth-order valence-corrected chi connectivity index (χ4v) is 2.84. The summed E-state index contributed by atoms with van der Waals surface area (Å²) >= 11 is 0. The summed E-state index contributed by atoms with van der Waals surface area (Å²) in [5.74, 6) is -0.476. The van der Waals surface area contributed by atoms with Crippen LogP contribution in [0.25, 0.3) is 11.0 Å². The molecule has 0 fully saturated rings. The van der Waals surface area contributed by atoms with Gasteiger partial charge in [0.05, 0.1) is 16.6 Å². The highest BCUT2D eigenvalue weighted by Gasteiger charge is 2.31. The van der Waals surface area contributed by atoms with Gasteiger partial charge >= 0.3 is 5.97 Å². The van der Waals surface area contributed by atoms with Crippen molar-refractivity contribution in [2.45, 2.75) is 26.0 Å². The fourth-order valence-electron chi connectivity index (χ4n) is 2.84. The third-order valence-electron chi connectivity index (χ3n) is 4.08. The van der Waals surface area contributed by atoms with E-state index in [0.717, 1.165) is 5.56 Å². The van der Waals surface area contributed by atoms with Gasteiger partial charge in [0, 0.05) is 6.54 Å². The molecule has 23 heavy (non-hydrogen) atoms. The number of aromatic carboxylic acids is 1. The van der Waals surface area contributed by atoms with Crippen molar-refractivity contribution in [2.75, 3.05) is 0 Å². The second-order valence-corrected chi connectivity index (χ2v) is 5.63. The van der Waals surface area contributed by atoms with Gasteiger partial charge in [-0.2, -0.15) is 0 Å². The van der Waals surface area contributed by atoms with Crippen molar-refractivity contribution in [2.24, 2.45) is 0 Å². The molecule has 0 spiro atoms. The number of carboxylic acids is 1. The van der Waals surface area contributed by atoms with Crippen molar-refractivity contribution in [3.8, 4) is 0 Å². The first-order valence-electron chi connectivity index (χ1n) is 7.47. The summed E-state index contributed by atoms with van der Waals surface area (Å²) in [6.45, 7) is 4.23. The summed E-state index contributed by atoms with van der Waals surface area (Å²) in [6, 6.07) is 14.1. The standard InChI is InChI=1S/C18H18N2O3/c1-3-20-15-11-12(16(21)22)9-10-14(15)19-17(20)18(2,23)13-7-5-4-6-8-13/h4-11,23H,3H2,1-2H3,(H,21,22). The van der Waals surface area contributed by atoms with Gasteiger partial charge < -0.3 is 14.8 Å². The smallest absolute Gasteiger partial charge is 0.335 e. The average Bonchev–Trinajstić information content (AvgIpc) is 2.94. The van der Waals surface area contributed by atoms with Crippen molar-refractivity contribution in [1.82, 2.24) is 9.55 Å². The van der Waals surface area contributed by atoms with Crippen LogP contribution in [0.1, 0.15) is 35.6 Å². The predicted octanol–water partition coefficient (Wildman–Crippen LogP) is 3.01. The lowest BCUT2D eigenvalue weighted by Crippen LogP contribution is -2.27. The van der Waals surface area contributed by atoms with Gasteiger partial charge in [0.25, 0.3) is 0 Å². The second-order valence-electron chi connectivity index (χ2n) is 5.63. The summed E-state index contributed by atoms with van der Waals surface area (Å²) in [4.78, 5) is 15.7. The molecule has 3 aromatic rings. The second kappa shape index (κ2) is 5.52. The molecule has 118 valence electrons. The Morgan fingerprint density at radius 3 is 2.52 bits per heavy atom. The van der Waals surface area contributed by atoms with E-state index in [4.69, 9.17) is 0 Å². The van der Waals surface area contributed by atoms with E-state index in [1.165, 1.54) is 6.07 Å². The van der Waals surface area contributed by atoms with Gasteiger partial charge in [-0.1, -0.05) is 30.3 Å². The van der Waals surface area contributed by atoms with E-state index in [-0.39, 0.29) is 5.56 Å². The molecule has 0 saturated heterocycles. The summed E-state index contributed by atoms with van der Waals surface area (Å²) in [5.41, 5.74) is 1.06. The third-order valence-corrected chi connectivity index (χ3v) is 4.08. The number of hydrogen-bond donors (Lipinski definition) is 2. The zero-order chi connectivity index (χ0) is 16.6. The zero-order valence-electron chi connectivity index (χ0n) is 13.0. The van der Waals surface area contributed by atoms with Crippen molar-refractivity contribution in [3.63, 3.8) is 0 Å². The summed E-state index contributed by atoms with van der Waals surface area (Å²) in [5, 5.41) is 20.2. The van der Waals surface area contributed by atoms with Crippen LogP contribution in [0, 0.1) is 0 Å². The zero-order valence-corrected chi connectivity index (χ0v) is 13.0. The van der Waals surface area contributed by atoms with Gasteiger partial charge in [-0.3, -0.25) is 0 Å². The molecule has 3 rings (SSSR count). The molecule has 0 aliphatic rings. The molecular formula is C18H18N2O3. The predicted molar refractivity (Wildman–Crippen MR) is 87.5 cm³/mol. The number of imidazole rings is 1. The van der Waals surface area contributed by atoms with Crippen LogP contribution in [0.3, 0.4) is 0 Å². The number of hydrogen-bond acceptors (Lipinski definition) is 3. The lowest BCUT2D eigenvalue weighted by molar-refractivity contribution is 0.0697. The van der Waals surface area contributed by atoms with Crippen LogP contribution in [0.2, 0.25) is 0 Å². The molecule has 0 saturated carbocycles. The molecule has 0 bridgehead atoms.